The maximum Gasteiger partial charge on any atom is 0.252 e. The molecule has 0 fully saturated rings. The molecule has 0 spiro atoms. The van der Waals surface area contributed by atoms with E-state index in [9.17, 15) is 0 Å². The average molecular weight is 1220 g/mol. The predicted octanol–water partition coefficient (Wildman–Crippen LogP) is 22.8. The van der Waals surface area contributed by atoms with Crippen molar-refractivity contribution in [3.05, 3.63) is 264 Å². The quantitative estimate of drug-likeness (QED) is 0.147. The minimum absolute atomic E-state index is 0.0415. The van der Waals surface area contributed by atoms with Crippen molar-refractivity contribution in [2.45, 2.75) is 155 Å². The minimum atomic E-state index is -0.0993. The number of rotatable bonds is 7. The van der Waals surface area contributed by atoms with Crippen LogP contribution in [0.5, 0.6) is 0 Å². The maximum absolute atomic E-state index is 2.62. The van der Waals surface area contributed by atoms with Gasteiger partial charge in [0.05, 0.1) is 16.7 Å². The summed E-state index contributed by atoms with van der Waals surface area (Å²) in [5, 5.41) is 2.55. The summed E-state index contributed by atoms with van der Waals surface area (Å²) in [5.74, 6) is 0. The van der Waals surface area contributed by atoms with E-state index in [1.807, 2.05) is 0 Å². The van der Waals surface area contributed by atoms with E-state index in [0.717, 1.165) is 17.1 Å². The SMILES string of the molecule is CC(C)(C)c1ccc2c(c1)c1cc(C(C)(C)C)ccc1n2-c1cc2c3c(c1)N(c1ccc(-c4ccc5c(c4)C(C)(C)CCC5(C)C)cc1)c1cc(-c4ccccc4)ccc1B3c1ccc(-c3ccccc3)cc1N2c1ccc(-c2ccc3c(c2)C(C)(C)CCC3(C)C)cc1. The molecule has 2 aliphatic heterocycles. The largest absolute Gasteiger partial charge is 0.311 e. The van der Waals surface area contributed by atoms with Crippen LogP contribution in [0.25, 0.3) is 72.0 Å². The van der Waals surface area contributed by atoms with E-state index in [0.29, 0.717) is 0 Å². The fourth-order valence-electron chi connectivity index (χ4n) is 16.7. The molecule has 4 aliphatic rings. The summed E-state index contributed by atoms with van der Waals surface area (Å²) >= 11 is 0. The zero-order valence-electron chi connectivity index (χ0n) is 57.7. The van der Waals surface area contributed by atoms with Crippen LogP contribution in [0.4, 0.5) is 34.1 Å². The van der Waals surface area contributed by atoms with Crippen molar-refractivity contribution >= 4 is 79.0 Å². The van der Waals surface area contributed by atoms with Gasteiger partial charge in [0.1, 0.15) is 0 Å². The summed E-state index contributed by atoms with van der Waals surface area (Å²) in [6, 6.07) is 89.9. The van der Waals surface area contributed by atoms with Crippen molar-refractivity contribution in [1.29, 1.82) is 0 Å². The Hall–Kier alpha value is -9.12. The van der Waals surface area contributed by atoms with Crippen LogP contribution in [0, 0.1) is 0 Å². The Balaban J connectivity index is 0.976. The molecule has 0 saturated carbocycles. The van der Waals surface area contributed by atoms with Crippen LogP contribution in [0.15, 0.2) is 231 Å². The molecule has 3 nitrogen and oxygen atoms in total. The first-order valence-corrected chi connectivity index (χ1v) is 34.6. The van der Waals surface area contributed by atoms with Crippen molar-refractivity contribution in [3.63, 3.8) is 0 Å². The third-order valence-corrected chi connectivity index (χ3v) is 22.6. The molecular formula is C90H88BN3. The summed E-state index contributed by atoms with van der Waals surface area (Å²) < 4.78 is 2.58. The maximum atomic E-state index is 2.62. The predicted molar refractivity (Wildman–Crippen MR) is 405 cm³/mol. The van der Waals surface area contributed by atoms with Gasteiger partial charge in [-0.2, -0.15) is 0 Å². The van der Waals surface area contributed by atoms with Crippen molar-refractivity contribution in [2.24, 2.45) is 0 Å². The first kappa shape index (κ1) is 59.9. The molecule has 0 amide bonds. The van der Waals surface area contributed by atoms with E-state index in [4.69, 9.17) is 0 Å². The summed E-state index contributed by atoms with van der Waals surface area (Å²) in [7, 11) is 0. The van der Waals surface area contributed by atoms with Gasteiger partial charge in [0.15, 0.2) is 0 Å². The highest BCUT2D eigenvalue weighted by Crippen LogP contribution is 2.52. The highest BCUT2D eigenvalue weighted by Gasteiger charge is 2.45. The van der Waals surface area contributed by atoms with Crippen molar-refractivity contribution in [1.82, 2.24) is 4.57 Å². The van der Waals surface area contributed by atoms with Gasteiger partial charge < -0.3 is 14.4 Å². The van der Waals surface area contributed by atoms with Gasteiger partial charge in [-0.05, 0) is 225 Å². The topological polar surface area (TPSA) is 11.4 Å². The Bertz CT molecular complexity index is 4710. The van der Waals surface area contributed by atoms with Gasteiger partial charge in [0.25, 0.3) is 6.71 Å². The van der Waals surface area contributed by atoms with Crippen LogP contribution in [-0.2, 0) is 32.5 Å². The standard InChI is InChI=1S/C90H88BN3/c1-85(2,3)65-33-43-78-70(53-65)71-54-66(86(4,5)6)34-44-79(71)94(78)69-55-82-84-83(56-69)93(68-37-27-60(28-38-68)62-30-40-73-75(50-62)90(13,14)48-46-88(73,9)10)81-52-64(58-23-19-16-20-24-58)32-42-77(81)91(84)76-41-31-63(57-21-17-15-18-22-57)51-80(76)92(82)67-35-25-59(26-36-67)61-29-39-72-74(49-61)89(11,12)47-45-87(72,7)8/h15-44,49-56H,45-48H2,1-14H3. The Labute approximate surface area is 559 Å². The molecule has 12 aromatic rings. The van der Waals surface area contributed by atoms with E-state index in [1.165, 1.54) is 165 Å². The second-order valence-corrected chi connectivity index (χ2v) is 32.7. The second kappa shape index (κ2) is 21.2. The van der Waals surface area contributed by atoms with Crippen LogP contribution in [0.1, 0.15) is 156 Å². The molecule has 11 aromatic carbocycles. The van der Waals surface area contributed by atoms with Crippen LogP contribution in [-0.4, -0.2) is 11.3 Å². The van der Waals surface area contributed by atoms with E-state index in [1.54, 1.807) is 0 Å². The van der Waals surface area contributed by atoms with Crippen LogP contribution < -0.4 is 26.2 Å². The van der Waals surface area contributed by atoms with Crippen molar-refractivity contribution in [2.75, 3.05) is 9.80 Å². The summed E-state index contributed by atoms with van der Waals surface area (Å²) in [5.41, 5.74) is 33.1. The lowest BCUT2D eigenvalue weighted by molar-refractivity contribution is 0.332. The van der Waals surface area contributed by atoms with E-state index in [-0.39, 0.29) is 39.2 Å². The summed E-state index contributed by atoms with van der Waals surface area (Å²) in [4.78, 5) is 5.24. The third kappa shape index (κ3) is 9.74. The minimum Gasteiger partial charge on any atom is -0.311 e. The zero-order chi connectivity index (χ0) is 65.2. The Kier molecular flexibility index (Phi) is 13.5. The Morgan fingerprint density at radius 3 is 1.02 bits per heavy atom. The fraction of sp³-hybridized carbons (Fsp3) is 0.267. The molecule has 2 aliphatic carbocycles. The number of aromatic nitrogens is 1. The number of nitrogens with zero attached hydrogens (tertiary/aromatic N) is 3. The molecule has 16 rings (SSSR count). The van der Waals surface area contributed by atoms with Gasteiger partial charge in [-0.3, -0.25) is 0 Å². The highest BCUT2D eigenvalue weighted by molar-refractivity contribution is 7.00. The normalized spacial score (nSPS) is 16.5. The number of fused-ring (bicyclic) bond motifs is 9. The lowest BCUT2D eigenvalue weighted by Gasteiger charge is -2.44. The van der Waals surface area contributed by atoms with Crippen molar-refractivity contribution < 1.29 is 0 Å². The first-order valence-electron chi connectivity index (χ1n) is 34.6. The zero-order valence-corrected chi connectivity index (χ0v) is 57.7. The number of anilines is 6. The molecule has 4 heteroatoms. The number of hydrogen-bond acceptors (Lipinski definition) is 2. The molecule has 0 N–H and O–H groups in total. The van der Waals surface area contributed by atoms with Gasteiger partial charge in [-0.1, -0.05) is 255 Å². The van der Waals surface area contributed by atoms with Gasteiger partial charge >= 0.3 is 0 Å². The van der Waals surface area contributed by atoms with E-state index >= 15 is 0 Å². The molecule has 0 radical (unpaired) electrons. The Morgan fingerprint density at radius 2 is 0.638 bits per heavy atom. The molecule has 94 heavy (non-hydrogen) atoms. The average Bonchev–Trinajstić information content (AvgIpc) is 1.06. The second-order valence-electron chi connectivity index (χ2n) is 32.7. The van der Waals surface area contributed by atoms with Gasteiger partial charge in [0, 0.05) is 44.9 Å². The highest BCUT2D eigenvalue weighted by atomic mass is 15.2. The summed E-state index contributed by atoms with van der Waals surface area (Å²) in [6.45, 7) is 33.4. The smallest absolute Gasteiger partial charge is 0.252 e. The van der Waals surface area contributed by atoms with Crippen LogP contribution >= 0.6 is 0 Å². The molecule has 0 bridgehead atoms. The Morgan fingerprint density at radius 1 is 0.298 bits per heavy atom. The number of benzene rings is 11. The fourth-order valence-corrected chi connectivity index (χ4v) is 16.7. The molecule has 3 heterocycles. The van der Waals surface area contributed by atoms with Gasteiger partial charge in [-0.25, -0.2) is 0 Å². The van der Waals surface area contributed by atoms with E-state index in [2.05, 4.69) is 342 Å². The molecule has 1 aromatic heterocycles. The molecule has 0 saturated heterocycles. The van der Waals surface area contributed by atoms with Gasteiger partial charge in [-0.15, -0.1) is 0 Å². The van der Waals surface area contributed by atoms with E-state index < -0.39 is 0 Å². The molecular weight excluding hydrogens is 1130 g/mol. The van der Waals surface area contributed by atoms with Crippen LogP contribution in [0.2, 0.25) is 0 Å². The van der Waals surface area contributed by atoms with Gasteiger partial charge in [0.2, 0.25) is 0 Å². The lowest BCUT2D eigenvalue weighted by atomic mass is 9.33. The first-order chi connectivity index (χ1) is 44.8. The van der Waals surface area contributed by atoms with Crippen LogP contribution in [0.3, 0.4) is 0 Å². The lowest BCUT2D eigenvalue weighted by Crippen LogP contribution is -2.61. The summed E-state index contributed by atoms with van der Waals surface area (Å²) in [6.07, 6.45) is 4.75. The molecule has 466 valence electrons. The molecule has 0 atom stereocenters. The van der Waals surface area contributed by atoms with Crippen molar-refractivity contribution in [3.8, 4) is 50.2 Å². The monoisotopic (exact) mass is 1220 g/mol. The number of hydrogen-bond donors (Lipinski definition) is 0. The molecule has 0 unspecified atom stereocenters. The third-order valence-electron chi connectivity index (χ3n) is 22.6.